The monoisotopic (exact) mass is 276 g/mol. The average Bonchev–Trinajstić information content (AvgIpc) is 2.39. The Morgan fingerprint density at radius 3 is 2.63 bits per heavy atom. The number of anilines is 2. The van der Waals surface area contributed by atoms with Crippen molar-refractivity contribution in [2.24, 2.45) is 0 Å². The van der Waals surface area contributed by atoms with E-state index in [0.717, 1.165) is 0 Å². The number of ether oxygens (including phenoxy) is 1. The van der Waals surface area contributed by atoms with Crippen LogP contribution in [0.3, 0.4) is 0 Å². The number of benzene rings is 2. The number of nitrogens with one attached hydrogen (secondary N) is 1. The summed E-state index contributed by atoms with van der Waals surface area (Å²) in [5.74, 6) is 0.310. The van der Waals surface area contributed by atoms with Gasteiger partial charge in [-0.2, -0.15) is 0 Å². The number of carbonyl (C=O) groups excluding carboxylic acids is 1. The summed E-state index contributed by atoms with van der Waals surface area (Å²) >= 11 is 5.81. The first kappa shape index (κ1) is 13.2. The van der Waals surface area contributed by atoms with Crippen molar-refractivity contribution in [3.63, 3.8) is 0 Å². The van der Waals surface area contributed by atoms with E-state index in [1.165, 1.54) is 0 Å². The second-order valence-corrected chi connectivity index (χ2v) is 4.35. The van der Waals surface area contributed by atoms with Gasteiger partial charge in [0.1, 0.15) is 5.75 Å². The van der Waals surface area contributed by atoms with Crippen LogP contribution < -0.4 is 15.8 Å². The maximum absolute atomic E-state index is 11.7. The molecule has 0 radical (unpaired) electrons. The first-order chi connectivity index (χ1) is 9.13. The van der Waals surface area contributed by atoms with Gasteiger partial charge in [-0.25, -0.2) is 0 Å². The number of hydrogen-bond donors (Lipinski definition) is 2. The van der Waals surface area contributed by atoms with E-state index in [2.05, 4.69) is 5.32 Å². The number of halogens is 1. The van der Waals surface area contributed by atoms with Crippen LogP contribution in [0.15, 0.2) is 48.5 Å². The third kappa shape index (κ3) is 4.19. The summed E-state index contributed by atoms with van der Waals surface area (Å²) in [5, 5.41) is 3.27. The third-order valence-electron chi connectivity index (χ3n) is 2.36. The maximum atomic E-state index is 11.7. The van der Waals surface area contributed by atoms with Crippen molar-refractivity contribution in [2.45, 2.75) is 0 Å². The van der Waals surface area contributed by atoms with Crippen molar-refractivity contribution in [2.75, 3.05) is 17.7 Å². The van der Waals surface area contributed by atoms with Gasteiger partial charge in [-0.3, -0.25) is 4.79 Å². The summed E-state index contributed by atoms with van der Waals surface area (Å²) in [7, 11) is 0. The highest BCUT2D eigenvalue weighted by molar-refractivity contribution is 6.30. The van der Waals surface area contributed by atoms with Crippen LogP contribution in [0.1, 0.15) is 0 Å². The molecule has 0 aromatic heterocycles. The van der Waals surface area contributed by atoms with Gasteiger partial charge in [0, 0.05) is 16.4 Å². The van der Waals surface area contributed by atoms with E-state index in [-0.39, 0.29) is 12.5 Å². The van der Waals surface area contributed by atoms with Crippen molar-refractivity contribution in [1.29, 1.82) is 0 Å². The van der Waals surface area contributed by atoms with Gasteiger partial charge in [-0.15, -0.1) is 0 Å². The zero-order valence-electron chi connectivity index (χ0n) is 10.1. The minimum Gasteiger partial charge on any atom is -0.484 e. The molecule has 98 valence electrons. The predicted octanol–water partition coefficient (Wildman–Crippen LogP) is 2.94. The smallest absolute Gasteiger partial charge is 0.262 e. The lowest BCUT2D eigenvalue weighted by molar-refractivity contribution is -0.118. The van der Waals surface area contributed by atoms with Crippen molar-refractivity contribution in [1.82, 2.24) is 0 Å². The lowest BCUT2D eigenvalue weighted by Gasteiger charge is -2.07. The van der Waals surface area contributed by atoms with Gasteiger partial charge in [0.2, 0.25) is 0 Å². The van der Waals surface area contributed by atoms with Gasteiger partial charge >= 0.3 is 0 Å². The zero-order valence-corrected chi connectivity index (χ0v) is 10.9. The topological polar surface area (TPSA) is 64.3 Å². The van der Waals surface area contributed by atoms with Crippen LogP contribution in [-0.2, 0) is 4.79 Å². The van der Waals surface area contributed by atoms with E-state index < -0.39 is 0 Å². The molecule has 4 nitrogen and oxygen atoms in total. The highest BCUT2D eigenvalue weighted by Gasteiger charge is 2.03. The summed E-state index contributed by atoms with van der Waals surface area (Å²) in [6, 6.07) is 13.8. The summed E-state index contributed by atoms with van der Waals surface area (Å²) < 4.78 is 5.32. The van der Waals surface area contributed by atoms with Crippen LogP contribution in [0.4, 0.5) is 11.4 Å². The van der Waals surface area contributed by atoms with Crippen molar-refractivity contribution in [3.8, 4) is 5.75 Å². The van der Waals surface area contributed by atoms with Gasteiger partial charge in [0.15, 0.2) is 6.61 Å². The molecule has 0 bridgehead atoms. The number of carbonyl (C=O) groups is 1. The minimum atomic E-state index is -0.246. The van der Waals surface area contributed by atoms with Crippen LogP contribution >= 0.6 is 11.6 Å². The Kier molecular flexibility index (Phi) is 4.26. The summed E-state index contributed by atoms with van der Waals surface area (Å²) in [4.78, 5) is 11.7. The molecule has 0 heterocycles. The molecule has 19 heavy (non-hydrogen) atoms. The number of rotatable bonds is 4. The second kappa shape index (κ2) is 6.11. The molecular weight excluding hydrogens is 264 g/mol. The van der Waals surface area contributed by atoms with E-state index in [9.17, 15) is 4.79 Å². The maximum Gasteiger partial charge on any atom is 0.262 e. The van der Waals surface area contributed by atoms with E-state index in [0.29, 0.717) is 22.1 Å². The Balaban J connectivity index is 1.86. The first-order valence-electron chi connectivity index (χ1n) is 5.67. The van der Waals surface area contributed by atoms with Gasteiger partial charge in [0.25, 0.3) is 5.91 Å². The van der Waals surface area contributed by atoms with Crippen LogP contribution in [0.2, 0.25) is 5.02 Å². The Bertz CT molecular complexity index is 570. The van der Waals surface area contributed by atoms with E-state index >= 15 is 0 Å². The fourth-order valence-electron chi connectivity index (χ4n) is 1.47. The van der Waals surface area contributed by atoms with Crippen molar-refractivity contribution in [3.05, 3.63) is 53.6 Å². The lowest BCUT2D eigenvalue weighted by atomic mass is 10.3. The third-order valence-corrected chi connectivity index (χ3v) is 2.60. The largest absolute Gasteiger partial charge is 0.484 e. The normalized spacial score (nSPS) is 9.95. The molecule has 2 rings (SSSR count). The number of amides is 1. The van der Waals surface area contributed by atoms with Gasteiger partial charge < -0.3 is 15.8 Å². The highest BCUT2D eigenvalue weighted by Crippen LogP contribution is 2.17. The van der Waals surface area contributed by atoms with E-state index in [1.54, 1.807) is 48.5 Å². The number of hydrogen-bond acceptors (Lipinski definition) is 3. The Morgan fingerprint density at radius 1 is 1.21 bits per heavy atom. The Hall–Kier alpha value is -2.20. The SMILES string of the molecule is Nc1ccc(NC(=O)COc2cccc(Cl)c2)cc1. The van der Waals surface area contributed by atoms with Crippen LogP contribution in [0, 0.1) is 0 Å². The molecule has 2 aromatic carbocycles. The average molecular weight is 277 g/mol. The lowest BCUT2D eigenvalue weighted by Crippen LogP contribution is -2.20. The molecule has 0 fully saturated rings. The quantitative estimate of drug-likeness (QED) is 0.844. The molecule has 0 atom stereocenters. The Morgan fingerprint density at radius 2 is 1.95 bits per heavy atom. The molecular formula is C14H13ClN2O2. The molecule has 0 saturated heterocycles. The van der Waals surface area contributed by atoms with Gasteiger partial charge in [-0.05, 0) is 42.5 Å². The fraction of sp³-hybridized carbons (Fsp3) is 0.0714. The molecule has 0 aliphatic rings. The van der Waals surface area contributed by atoms with Crippen molar-refractivity contribution >= 4 is 28.9 Å². The van der Waals surface area contributed by atoms with Crippen LogP contribution in [-0.4, -0.2) is 12.5 Å². The first-order valence-corrected chi connectivity index (χ1v) is 6.05. The molecule has 0 spiro atoms. The highest BCUT2D eigenvalue weighted by atomic mass is 35.5. The summed E-state index contributed by atoms with van der Waals surface area (Å²) in [6.07, 6.45) is 0. The Labute approximate surface area is 116 Å². The number of nitrogens with two attached hydrogens (primary N) is 1. The fourth-order valence-corrected chi connectivity index (χ4v) is 1.65. The molecule has 3 N–H and O–H groups in total. The summed E-state index contributed by atoms with van der Waals surface area (Å²) in [6.45, 7) is -0.0787. The second-order valence-electron chi connectivity index (χ2n) is 3.92. The molecule has 0 unspecified atom stereocenters. The van der Waals surface area contributed by atoms with E-state index in [1.807, 2.05) is 0 Å². The standard InChI is InChI=1S/C14H13ClN2O2/c15-10-2-1-3-13(8-10)19-9-14(18)17-12-6-4-11(16)5-7-12/h1-8H,9,16H2,(H,17,18). The molecule has 0 aliphatic heterocycles. The summed E-state index contributed by atoms with van der Waals surface area (Å²) in [5.41, 5.74) is 6.88. The molecule has 0 saturated carbocycles. The van der Waals surface area contributed by atoms with E-state index in [4.69, 9.17) is 22.1 Å². The zero-order chi connectivity index (χ0) is 13.7. The molecule has 0 aliphatic carbocycles. The van der Waals surface area contributed by atoms with Gasteiger partial charge in [-0.1, -0.05) is 17.7 Å². The predicted molar refractivity (Wildman–Crippen MR) is 76.4 cm³/mol. The molecule has 1 amide bonds. The van der Waals surface area contributed by atoms with Crippen molar-refractivity contribution < 1.29 is 9.53 Å². The van der Waals surface area contributed by atoms with Crippen LogP contribution in [0.5, 0.6) is 5.75 Å². The van der Waals surface area contributed by atoms with Crippen LogP contribution in [0.25, 0.3) is 0 Å². The molecule has 2 aromatic rings. The van der Waals surface area contributed by atoms with Gasteiger partial charge in [0.05, 0.1) is 0 Å². The molecule has 5 heteroatoms. The minimum absolute atomic E-state index is 0.0787. The number of nitrogen functional groups attached to an aromatic ring is 1.